The fourth-order valence-corrected chi connectivity index (χ4v) is 6.70. The van der Waals surface area contributed by atoms with Gasteiger partial charge in [-0.3, -0.25) is 4.72 Å². The van der Waals surface area contributed by atoms with Crippen molar-refractivity contribution in [2.45, 2.75) is 28.0 Å². The standard InChI is InChI=1S/C25H22N2O3S3/c1-4-5-13-20-17(3)31-25(26-20)32-22-15-21(18-11-7-8-12-19(18)24(22)28)27-33(29,30)23-14-9-6-10-16(23)2/h4-15,27-28H,3H2,1-2H3/b5-4-,20-13+. The fourth-order valence-electron chi connectivity index (χ4n) is 3.35. The van der Waals surface area contributed by atoms with Crippen LogP contribution in [0.4, 0.5) is 5.69 Å². The molecule has 0 atom stereocenters. The smallest absolute Gasteiger partial charge is 0.262 e. The first kappa shape index (κ1) is 23.1. The molecule has 0 aliphatic carbocycles. The quantitative estimate of drug-likeness (QED) is 0.368. The van der Waals surface area contributed by atoms with Crippen LogP contribution in [0.25, 0.3) is 23.4 Å². The number of aryl methyl sites for hydroxylation is 1. The van der Waals surface area contributed by atoms with Crippen molar-refractivity contribution in [2.75, 3.05) is 4.72 Å². The Hall–Kier alpha value is -3.07. The fraction of sp³-hybridized carbons (Fsp3) is 0.0800. The number of anilines is 1. The van der Waals surface area contributed by atoms with E-state index in [9.17, 15) is 13.5 Å². The number of hydrogen-bond donors (Lipinski definition) is 2. The number of thiazole rings is 1. The predicted molar refractivity (Wildman–Crippen MR) is 138 cm³/mol. The number of hydrogen-bond acceptors (Lipinski definition) is 6. The Morgan fingerprint density at radius 1 is 1.12 bits per heavy atom. The second kappa shape index (κ2) is 9.43. The van der Waals surface area contributed by atoms with E-state index >= 15 is 0 Å². The maximum absolute atomic E-state index is 13.2. The number of nitrogens with one attached hydrogen (secondary N) is 1. The summed E-state index contributed by atoms with van der Waals surface area (Å²) in [6, 6.07) is 15.6. The van der Waals surface area contributed by atoms with Crippen LogP contribution in [0.2, 0.25) is 0 Å². The molecule has 0 aliphatic heterocycles. The molecule has 2 N–H and O–H groups in total. The third kappa shape index (κ3) is 4.83. The van der Waals surface area contributed by atoms with E-state index in [0.717, 1.165) is 9.88 Å². The molecule has 0 unspecified atom stereocenters. The number of rotatable bonds is 6. The number of nitrogens with zero attached hydrogens (tertiary/aromatic N) is 1. The van der Waals surface area contributed by atoms with Crippen LogP contribution in [-0.2, 0) is 10.0 Å². The summed E-state index contributed by atoms with van der Waals surface area (Å²) in [5.41, 5.74) is 1.04. The van der Waals surface area contributed by atoms with Crippen LogP contribution < -0.4 is 14.6 Å². The zero-order valence-electron chi connectivity index (χ0n) is 18.1. The molecule has 8 heteroatoms. The zero-order chi connectivity index (χ0) is 23.6. The van der Waals surface area contributed by atoms with Crippen LogP contribution in [-0.4, -0.2) is 18.5 Å². The molecule has 33 heavy (non-hydrogen) atoms. The molecule has 4 aromatic rings. The van der Waals surface area contributed by atoms with Crippen LogP contribution in [0.1, 0.15) is 12.5 Å². The molecular weight excluding hydrogens is 472 g/mol. The van der Waals surface area contributed by atoms with Gasteiger partial charge in [0.05, 0.1) is 20.8 Å². The van der Waals surface area contributed by atoms with E-state index in [1.807, 2.05) is 25.2 Å². The second-order valence-electron chi connectivity index (χ2n) is 7.27. The molecule has 0 fully saturated rings. The molecular formula is C25H22N2O3S3. The Balaban J connectivity index is 1.81. The summed E-state index contributed by atoms with van der Waals surface area (Å²) >= 11 is 2.69. The number of phenolic OH excluding ortho intramolecular Hbond substituents is 1. The Morgan fingerprint density at radius 3 is 2.55 bits per heavy atom. The first-order chi connectivity index (χ1) is 15.8. The molecule has 5 nitrogen and oxygen atoms in total. The lowest BCUT2D eigenvalue weighted by Gasteiger charge is -2.15. The van der Waals surface area contributed by atoms with E-state index in [-0.39, 0.29) is 10.6 Å². The van der Waals surface area contributed by atoms with Crippen molar-refractivity contribution in [2.24, 2.45) is 0 Å². The van der Waals surface area contributed by atoms with Gasteiger partial charge in [0.2, 0.25) is 0 Å². The van der Waals surface area contributed by atoms with Gasteiger partial charge in [0.15, 0.2) is 4.34 Å². The van der Waals surface area contributed by atoms with Crippen molar-refractivity contribution in [1.29, 1.82) is 0 Å². The maximum Gasteiger partial charge on any atom is 0.262 e. The molecule has 0 saturated heterocycles. The van der Waals surface area contributed by atoms with Gasteiger partial charge in [-0.2, -0.15) is 0 Å². The van der Waals surface area contributed by atoms with Gasteiger partial charge in [-0.25, -0.2) is 13.4 Å². The van der Waals surface area contributed by atoms with Gasteiger partial charge in [0.25, 0.3) is 10.0 Å². The molecule has 0 spiro atoms. The minimum absolute atomic E-state index is 0.0780. The van der Waals surface area contributed by atoms with Gasteiger partial charge >= 0.3 is 0 Å². The van der Waals surface area contributed by atoms with Crippen molar-refractivity contribution in [3.05, 3.63) is 82.2 Å². The van der Waals surface area contributed by atoms with Crippen LogP contribution >= 0.6 is 23.1 Å². The lowest BCUT2D eigenvalue weighted by atomic mass is 10.1. The van der Waals surface area contributed by atoms with E-state index < -0.39 is 10.0 Å². The van der Waals surface area contributed by atoms with E-state index in [2.05, 4.69) is 16.3 Å². The van der Waals surface area contributed by atoms with E-state index in [1.54, 1.807) is 61.5 Å². The second-order valence-corrected chi connectivity index (χ2v) is 11.3. The molecule has 168 valence electrons. The Bertz CT molecular complexity index is 1590. The predicted octanol–water partition coefficient (Wildman–Crippen LogP) is 5.03. The van der Waals surface area contributed by atoms with Crippen molar-refractivity contribution in [1.82, 2.24) is 4.98 Å². The van der Waals surface area contributed by atoms with E-state index in [0.29, 0.717) is 31.3 Å². The van der Waals surface area contributed by atoms with Crippen LogP contribution in [0, 0.1) is 6.92 Å². The SMILES string of the molecule is C=c1sc(Sc2cc(NS(=O)(=O)c3ccccc3C)c3ccccc3c2O)n/c1=C/C=C\C. The van der Waals surface area contributed by atoms with Gasteiger partial charge in [0, 0.05) is 15.3 Å². The molecule has 0 amide bonds. The van der Waals surface area contributed by atoms with Gasteiger partial charge in [-0.15, -0.1) is 11.3 Å². The first-order valence-corrected chi connectivity index (χ1v) is 13.2. The molecule has 3 aromatic carbocycles. The number of allylic oxidation sites excluding steroid dienone is 2. The molecule has 1 heterocycles. The molecule has 0 bridgehead atoms. The van der Waals surface area contributed by atoms with E-state index in [1.165, 1.54) is 23.1 Å². The average molecular weight is 495 g/mol. The summed E-state index contributed by atoms with van der Waals surface area (Å²) in [6.07, 6.45) is 5.68. The van der Waals surface area contributed by atoms with Gasteiger partial charge in [-0.1, -0.05) is 73.0 Å². The lowest BCUT2D eigenvalue weighted by Crippen LogP contribution is -2.18. The number of benzene rings is 3. The van der Waals surface area contributed by atoms with Crippen molar-refractivity contribution in [3.63, 3.8) is 0 Å². The van der Waals surface area contributed by atoms with Gasteiger partial charge in [0.1, 0.15) is 5.75 Å². The monoisotopic (exact) mass is 494 g/mol. The average Bonchev–Trinajstić information content (AvgIpc) is 3.14. The van der Waals surface area contributed by atoms with Crippen LogP contribution in [0.5, 0.6) is 5.75 Å². The van der Waals surface area contributed by atoms with Crippen molar-refractivity contribution >= 4 is 62.2 Å². The number of aromatic hydroxyl groups is 1. The molecule has 1 aromatic heterocycles. The van der Waals surface area contributed by atoms with Crippen LogP contribution in [0.15, 0.2) is 80.9 Å². The maximum atomic E-state index is 13.2. The van der Waals surface area contributed by atoms with Crippen molar-refractivity contribution < 1.29 is 13.5 Å². The number of aromatic nitrogens is 1. The topological polar surface area (TPSA) is 79.3 Å². The highest BCUT2D eigenvalue weighted by molar-refractivity contribution is 8.01. The van der Waals surface area contributed by atoms with Crippen LogP contribution in [0.3, 0.4) is 0 Å². The lowest BCUT2D eigenvalue weighted by molar-refractivity contribution is 0.469. The minimum atomic E-state index is -3.83. The highest BCUT2D eigenvalue weighted by Gasteiger charge is 2.20. The summed E-state index contributed by atoms with van der Waals surface area (Å²) in [6.45, 7) is 7.72. The molecule has 4 rings (SSSR count). The molecule has 0 saturated carbocycles. The number of fused-ring (bicyclic) bond motifs is 1. The van der Waals surface area contributed by atoms with E-state index in [4.69, 9.17) is 0 Å². The largest absolute Gasteiger partial charge is 0.506 e. The normalized spacial score (nSPS) is 12.6. The number of phenols is 1. The zero-order valence-corrected chi connectivity index (χ0v) is 20.5. The summed E-state index contributed by atoms with van der Waals surface area (Å²) in [7, 11) is -3.83. The Kier molecular flexibility index (Phi) is 6.60. The third-order valence-corrected chi connectivity index (χ3v) is 8.50. The Morgan fingerprint density at radius 2 is 1.82 bits per heavy atom. The van der Waals surface area contributed by atoms with Gasteiger partial charge in [-0.05, 0) is 37.6 Å². The highest BCUT2D eigenvalue weighted by Crippen LogP contribution is 2.43. The first-order valence-electron chi connectivity index (χ1n) is 10.1. The summed E-state index contributed by atoms with van der Waals surface area (Å²) < 4.78 is 30.6. The number of sulfonamides is 1. The van der Waals surface area contributed by atoms with Gasteiger partial charge < -0.3 is 5.11 Å². The Labute approximate surface area is 200 Å². The molecule has 0 radical (unpaired) electrons. The van der Waals surface area contributed by atoms with Crippen molar-refractivity contribution in [3.8, 4) is 5.75 Å². The summed E-state index contributed by atoms with van der Waals surface area (Å²) in [5, 5.41) is 12.9. The highest BCUT2D eigenvalue weighted by atomic mass is 32.2. The summed E-state index contributed by atoms with van der Waals surface area (Å²) in [4.78, 5) is 5.30. The minimum Gasteiger partial charge on any atom is -0.506 e. The summed E-state index contributed by atoms with van der Waals surface area (Å²) in [5.74, 6) is 0.0780. The molecule has 0 aliphatic rings. The third-order valence-electron chi connectivity index (χ3n) is 4.96.